The smallest absolute Gasteiger partial charge is 0.231 e. The highest BCUT2D eigenvalue weighted by molar-refractivity contribution is 5.12. The zero-order chi connectivity index (χ0) is 16.8. The Balaban J connectivity index is 6.18. The van der Waals surface area contributed by atoms with E-state index in [0.29, 0.717) is 0 Å². The second-order valence-corrected chi connectivity index (χ2v) is 3.74. The van der Waals surface area contributed by atoms with Crippen LogP contribution in [-0.4, -0.2) is 36.0 Å². The Labute approximate surface area is 103 Å². The first-order chi connectivity index (χ1) is 8.47. The third kappa shape index (κ3) is 2.65. The second-order valence-electron chi connectivity index (χ2n) is 3.74. The molecule has 0 aromatic heterocycles. The van der Waals surface area contributed by atoms with E-state index >= 15 is 0 Å². The van der Waals surface area contributed by atoms with Crippen molar-refractivity contribution < 1.29 is 52.7 Å². The molecule has 0 amide bonds. The van der Waals surface area contributed by atoms with E-state index < -0.39 is 42.5 Å². The van der Waals surface area contributed by atoms with Gasteiger partial charge in [0.2, 0.25) is 0 Å². The Hall–Kier alpha value is -0.840. The fourth-order valence-corrected chi connectivity index (χ4v) is 1.26. The molecule has 0 aliphatic rings. The van der Waals surface area contributed by atoms with E-state index in [0.717, 1.165) is 0 Å². The Bertz CT molecular complexity index is 338. The molecule has 0 radical (unpaired) electrons. The van der Waals surface area contributed by atoms with Gasteiger partial charge < -0.3 is 0 Å². The second kappa shape index (κ2) is 4.86. The lowest BCUT2D eigenvalue weighted by atomic mass is 9.85. The third-order valence-corrected chi connectivity index (χ3v) is 2.40. The highest BCUT2D eigenvalue weighted by atomic mass is 19.4. The molecular formula is C8H6F12. The van der Waals surface area contributed by atoms with Gasteiger partial charge in [-0.2, -0.15) is 35.1 Å². The average molecular weight is 330 g/mol. The standard InChI is InChI=1S/C8H6F12/c1-2-4(10,11)7(17,8(18,19)20)5(12,13)3(9)6(14,15)16/h3H,2H2,1H3. The molecule has 0 saturated carbocycles. The van der Waals surface area contributed by atoms with Crippen LogP contribution in [0.3, 0.4) is 0 Å². The highest BCUT2D eigenvalue weighted by Crippen LogP contribution is 2.58. The normalized spacial score (nSPS) is 19.6. The summed E-state index contributed by atoms with van der Waals surface area (Å²) < 4.78 is 149. The lowest BCUT2D eigenvalue weighted by Gasteiger charge is -2.40. The molecule has 0 spiro atoms. The molecule has 2 atom stereocenters. The molecule has 0 aliphatic heterocycles. The summed E-state index contributed by atoms with van der Waals surface area (Å²) in [4.78, 5) is 0. The number of hydrogen-bond acceptors (Lipinski definition) is 0. The van der Waals surface area contributed by atoms with Gasteiger partial charge in [0.15, 0.2) is 0 Å². The molecule has 0 fully saturated rings. The first-order valence-corrected chi connectivity index (χ1v) is 4.69. The van der Waals surface area contributed by atoms with Crippen LogP contribution < -0.4 is 0 Å². The monoisotopic (exact) mass is 330 g/mol. The Kier molecular flexibility index (Phi) is 4.66. The van der Waals surface area contributed by atoms with Crippen molar-refractivity contribution in [1.29, 1.82) is 0 Å². The third-order valence-electron chi connectivity index (χ3n) is 2.40. The van der Waals surface area contributed by atoms with E-state index in [1.54, 1.807) is 0 Å². The minimum atomic E-state index is -7.13. The van der Waals surface area contributed by atoms with Crippen LogP contribution >= 0.6 is 0 Å². The van der Waals surface area contributed by atoms with Crippen molar-refractivity contribution in [1.82, 2.24) is 0 Å². The predicted octanol–water partition coefficient (Wildman–Crippen LogP) is 4.84. The molecule has 0 saturated heterocycles. The van der Waals surface area contributed by atoms with Crippen LogP contribution in [0.4, 0.5) is 52.7 Å². The van der Waals surface area contributed by atoms with Gasteiger partial charge in [-0.1, -0.05) is 6.92 Å². The van der Waals surface area contributed by atoms with Crippen molar-refractivity contribution >= 4 is 0 Å². The van der Waals surface area contributed by atoms with Gasteiger partial charge in [0.05, 0.1) is 0 Å². The molecule has 0 aromatic rings. The molecule has 0 nitrogen and oxygen atoms in total. The summed E-state index contributed by atoms with van der Waals surface area (Å²) in [6, 6.07) is 0. The van der Waals surface area contributed by atoms with Crippen LogP contribution in [0.15, 0.2) is 0 Å². The Morgan fingerprint density at radius 2 is 1.10 bits per heavy atom. The van der Waals surface area contributed by atoms with Crippen molar-refractivity contribution in [2.75, 3.05) is 0 Å². The Morgan fingerprint density at radius 3 is 1.30 bits per heavy atom. The van der Waals surface area contributed by atoms with Crippen molar-refractivity contribution in [3.63, 3.8) is 0 Å². The van der Waals surface area contributed by atoms with Crippen LogP contribution in [-0.2, 0) is 0 Å². The molecule has 12 heteroatoms. The minimum Gasteiger partial charge on any atom is -0.231 e. The largest absolute Gasteiger partial charge is 0.434 e. The number of hydrogen-bond donors (Lipinski definition) is 0. The molecule has 0 aliphatic carbocycles. The van der Waals surface area contributed by atoms with Crippen molar-refractivity contribution in [3.05, 3.63) is 0 Å². The van der Waals surface area contributed by atoms with Crippen LogP contribution in [0.2, 0.25) is 0 Å². The van der Waals surface area contributed by atoms with Gasteiger partial charge in [0.1, 0.15) is 0 Å². The fourth-order valence-electron chi connectivity index (χ4n) is 1.26. The van der Waals surface area contributed by atoms with Gasteiger partial charge in [-0.3, -0.25) is 0 Å². The lowest BCUT2D eigenvalue weighted by molar-refractivity contribution is -0.392. The number of alkyl halides is 12. The van der Waals surface area contributed by atoms with Gasteiger partial charge in [-0.25, -0.2) is 17.6 Å². The zero-order valence-electron chi connectivity index (χ0n) is 9.32. The first kappa shape index (κ1) is 19.2. The molecular weight excluding hydrogens is 324 g/mol. The first-order valence-electron chi connectivity index (χ1n) is 4.69. The minimum absolute atomic E-state index is 0.122. The van der Waals surface area contributed by atoms with E-state index in [4.69, 9.17) is 0 Å². The summed E-state index contributed by atoms with van der Waals surface area (Å²) in [5.41, 5.74) is -7.00. The van der Waals surface area contributed by atoms with Gasteiger partial charge in [-0.05, 0) is 0 Å². The predicted molar refractivity (Wildman–Crippen MR) is 41.0 cm³/mol. The van der Waals surface area contributed by atoms with Crippen LogP contribution in [0.1, 0.15) is 13.3 Å². The molecule has 122 valence electrons. The van der Waals surface area contributed by atoms with E-state index in [9.17, 15) is 52.7 Å². The molecule has 0 heterocycles. The van der Waals surface area contributed by atoms with Crippen molar-refractivity contribution in [2.45, 2.75) is 49.4 Å². The summed E-state index contributed by atoms with van der Waals surface area (Å²) in [6.07, 6.45) is -21.8. The number of rotatable bonds is 4. The quantitative estimate of drug-likeness (QED) is 0.647. The summed E-state index contributed by atoms with van der Waals surface area (Å²) >= 11 is 0. The van der Waals surface area contributed by atoms with Gasteiger partial charge in [0, 0.05) is 6.42 Å². The zero-order valence-corrected chi connectivity index (χ0v) is 9.32. The van der Waals surface area contributed by atoms with Gasteiger partial charge >= 0.3 is 23.9 Å². The molecule has 0 aromatic carbocycles. The maximum Gasteiger partial charge on any atom is 0.434 e. The summed E-state index contributed by atoms with van der Waals surface area (Å²) in [7, 11) is 0. The van der Waals surface area contributed by atoms with Crippen LogP contribution in [0.5, 0.6) is 0 Å². The van der Waals surface area contributed by atoms with Gasteiger partial charge in [-0.15, -0.1) is 0 Å². The summed E-state index contributed by atoms with van der Waals surface area (Å²) in [5, 5.41) is 0. The maximum atomic E-state index is 13.3. The fraction of sp³-hybridized carbons (Fsp3) is 1.00. The van der Waals surface area contributed by atoms with E-state index in [2.05, 4.69) is 0 Å². The van der Waals surface area contributed by atoms with E-state index in [1.807, 2.05) is 0 Å². The average Bonchev–Trinajstić information content (AvgIpc) is 2.23. The van der Waals surface area contributed by atoms with Crippen molar-refractivity contribution in [2.24, 2.45) is 0 Å². The summed E-state index contributed by atoms with van der Waals surface area (Å²) in [5.74, 6) is -13.0. The van der Waals surface area contributed by atoms with Crippen LogP contribution in [0, 0.1) is 0 Å². The maximum absolute atomic E-state index is 13.3. The Morgan fingerprint density at radius 1 is 0.750 bits per heavy atom. The number of halogens is 12. The molecule has 0 bridgehead atoms. The van der Waals surface area contributed by atoms with Crippen LogP contribution in [0.25, 0.3) is 0 Å². The molecule has 0 rings (SSSR count). The topological polar surface area (TPSA) is 0 Å². The van der Waals surface area contributed by atoms with E-state index in [1.165, 1.54) is 0 Å². The molecule has 0 N–H and O–H groups in total. The SMILES string of the molecule is CCC(F)(F)C(F)(C(F)(F)F)C(F)(F)C(F)C(F)(F)F. The summed E-state index contributed by atoms with van der Waals surface area (Å²) in [6.45, 7) is 0.122. The lowest BCUT2D eigenvalue weighted by Crippen LogP contribution is -2.70. The molecule has 20 heavy (non-hydrogen) atoms. The van der Waals surface area contributed by atoms with Gasteiger partial charge in [0.25, 0.3) is 12.1 Å². The van der Waals surface area contributed by atoms with E-state index in [-0.39, 0.29) is 6.92 Å². The van der Waals surface area contributed by atoms with Crippen molar-refractivity contribution in [3.8, 4) is 0 Å². The molecule has 2 unspecified atom stereocenters. The highest BCUT2D eigenvalue weighted by Gasteiger charge is 2.86.